The Kier molecular flexibility index (Phi) is 5.02. The first kappa shape index (κ1) is 14.4. The fourth-order valence-corrected chi connectivity index (χ4v) is 2.12. The second kappa shape index (κ2) is 6.96. The number of aromatic nitrogens is 2. The molecule has 0 atom stereocenters. The van der Waals surface area contributed by atoms with E-state index in [1.807, 2.05) is 61.5 Å². The minimum Gasteiger partial charge on any atom is -0.228 e. The lowest BCUT2D eigenvalue weighted by Crippen LogP contribution is -1.96. The monoisotopic (exact) mass is 326 g/mol. The second-order valence-electron chi connectivity index (χ2n) is 4.12. The van der Waals surface area contributed by atoms with Crippen LogP contribution >= 0.6 is 15.9 Å². The van der Waals surface area contributed by atoms with Crippen molar-refractivity contribution in [1.82, 2.24) is 9.97 Å². The minimum absolute atomic E-state index is 0.659. The Hall–Kier alpha value is -2.00. The number of nitrogens with zero attached hydrogens (tertiary/aromatic N) is 2. The lowest BCUT2D eigenvalue weighted by atomic mass is 10.1. The van der Waals surface area contributed by atoms with Crippen LogP contribution in [0.3, 0.4) is 0 Å². The molecule has 2 rings (SSSR count). The Morgan fingerprint density at radius 3 is 2.60 bits per heavy atom. The molecule has 2 aromatic rings. The van der Waals surface area contributed by atoms with E-state index < -0.39 is 0 Å². The average molecular weight is 327 g/mol. The van der Waals surface area contributed by atoms with Gasteiger partial charge in [-0.15, -0.1) is 0 Å². The fourth-order valence-electron chi connectivity index (χ4n) is 1.74. The molecule has 0 aliphatic carbocycles. The molecular formula is C17H15BrN2. The number of halogens is 1. The number of rotatable bonds is 4. The fraction of sp³-hybridized carbons (Fsp3) is 0.0588. The van der Waals surface area contributed by atoms with E-state index in [1.54, 1.807) is 6.08 Å². The van der Waals surface area contributed by atoms with Crippen molar-refractivity contribution < 1.29 is 0 Å². The smallest absolute Gasteiger partial charge is 0.161 e. The highest BCUT2D eigenvalue weighted by atomic mass is 79.9. The van der Waals surface area contributed by atoms with Crippen molar-refractivity contribution in [2.75, 3.05) is 0 Å². The van der Waals surface area contributed by atoms with E-state index in [2.05, 4.69) is 32.5 Å². The van der Waals surface area contributed by atoms with Crippen LogP contribution in [0, 0.1) is 0 Å². The molecule has 0 radical (unpaired) electrons. The molecule has 0 spiro atoms. The van der Waals surface area contributed by atoms with Gasteiger partial charge in [0.05, 0.1) is 5.69 Å². The summed E-state index contributed by atoms with van der Waals surface area (Å²) >= 11 is 3.45. The normalized spacial score (nSPS) is 11.8. The zero-order valence-electron chi connectivity index (χ0n) is 11.3. The number of hydrogen-bond acceptors (Lipinski definition) is 2. The molecule has 1 aromatic heterocycles. The molecule has 1 heterocycles. The lowest BCUT2D eigenvalue weighted by molar-refractivity contribution is 1.10. The first-order valence-corrected chi connectivity index (χ1v) is 7.09. The molecule has 0 aliphatic rings. The summed E-state index contributed by atoms with van der Waals surface area (Å²) < 4.78 is 0.759. The molecule has 20 heavy (non-hydrogen) atoms. The standard InChI is InChI=1S/C17H15BrN2/c1-3-5-9-13(4-2)17-19-15(12-16(18)20-17)14-10-7-6-8-11-14/h3-12H,2H2,1H3/b5-3-,13-9+. The van der Waals surface area contributed by atoms with Gasteiger partial charge in [0.2, 0.25) is 0 Å². The van der Waals surface area contributed by atoms with E-state index in [0.29, 0.717) is 5.82 Å². The van der Waals surface area contributed by atoms with Gasteiger partial charge in [-0.3, -0.25) is 0 Å². The lowest BCUT2D eigenvalue weighted by Gasteiger charge is -2.06. The van der Waals surface area contributed by atoms with Crippen LogP contribution in [0.15, 0.2) is 71.9 Å². The molecule has 0 saturated carbocycles. The van der Waals surface area contributed by atoms with Gasteiger partial charge in [0, 0.05) is 11.1 Å². The Labute approximate surface area is 127 Å². The zero-order valence-corrected chi connectivity index (χ0v) is 12.8. The van der Waals surface area contributed by atoms with Crippen LogP contribution in [-0.2, 0) is 0 Å². The predicted octanol–water partition coefficient (Wildman–Crippen LogP) is 5.05. The minimum atomic E-state index is 0.659. The van der Waals surface area contributed by atoms with Crippen molar-refractivity contribution >= 4 is 21.5 Å². The largest absolute Gasteiger partial charge is 0.228 e. The van der Waals surface area contributed by atoms with Crippen LogP contribution in [0.4, 0.5) is 0 Å². The van der Waals surface area contributed by atoms with Crippen LogP contribution in [0.2, 0.25) is 0 Å². The summed E-state index contributed by atoms with van der Waals surface area (Å²) in [5.74, 6) is 0.659. The van der Waals surface area contributed by atoms with Crippen molar-refractivity contribution in [3.05, 3.63) is 77.7 Å². The van der Waals surface area contributed by atoms with Crippen molar-refractivity contribution in [1.29, 1.82) is 0 Å². The van der Waals surface area contributed by atoms with Crippen molar-refractivity contribution in [2.24, 2.45) is 0 Å². The SMILES string of the molecule is C=C/C(=C\C=C/C)c1nc(Br)cc(-c2ccccc2)n1. The molecule has 0 bridgehead atoms. The third-order valence-electron chi connectivity index (χ3n) is 2.71. The highest BCUT2D eigenvalue weighted by Crippen LogP contribution is 2.22. The summed E-state index contributed by atoms with van der Waals surface area (Å²) in [6.45, 7) is 5.79. The first-order valence-electron chi connectivity index (χ1n) is 6.30. The maximum Gasteiger partial charge on any atom is 0.161 e. The van der Waals surface area contributed by atoms with E-state index in [4.69, 9.17) is 0 Å². The van der Waals surface area contributed by atoms with E-state index in [1.165, 1.54) is 0 Å². The van der Waals surface area contributed by atoms with E-state index >= 15 is 0 Å². The number of allylic oxidation sites excluding steroid dienone is 5. The van der Waals surface area contributed by atoms with E-state index in [9.17, 15) is 0 Å². The topological polar surface area (TPSA) is 25.8 Å². The zero-order chi connectivity index (χ0) is 14.4. The summed E-state index contributed by atoms with van der Waals surface area (Å²) in [5, 5.41) is 0. The summed E-state index contributed by atoms with van der Waals surface area (Å²) in [7, 11) is 0. The molecule has 1 aromatic carbocycles. The molecule has 0 aliphatic heterocycles. The highest BCUT2D eigenvalue weighted by Gasteiger charge is 2.07. The molecule has 0 saturated heterocycles. The quantitative estimate of drug-likeness (QED) is 0.580. The molecule has 3 heteroatoms. The summed E-state index contributed by atoms with van der Waals surface area (Å²) in [6, 6.07) is 11.9. The van der Waals surface area contributed by atoms with Gasteiger partial charge >= 0.3 is 0 Å². The Balaban J connectivity index is 2.51. The summed E-state index contributed by atoms with van der Waals surface area (Å²) in [6.07, 6.45) is 7.61. The van der Waals surface area contributed by atoms with E-state index in [0.717, 1.165) is 21.4 Å². The van der Waals surface area contributed by atoms with Crippen LogP contribution in [0.1, 0.15) is 12.7 Å². The van der Waals surface area contributed by atoms with Crippen molar-refractivity contribution in [2.45, 2.75) is 6.92 Å². The average Bonchev–Trinajstić information content (AvgIpc) is 2.48. The van der Waals surface area contributed by atoms with Gasteiger partial charge in [0.1, 0.15) is 4.60 Å². The van der Waals surface area contributed by atoms with Gasteiger partial charge in [0.15, 0.2) is 5.82 Å². The number of hydrogen-bond donors (Lipinski definition) is 0. The Bertz CT molecular complexity index is 658. The first-order chi connectivity index (χ1) is 9.74. The van der Waals surface area contributed by atoms with Crippen LogP contribution in [0.5, 0.6) is 0 Å². The summed E-state index contributed by atoms with van der Waals surface area (Å²) in [5.41, 5.74) is 2.84. The molecular weight excluding hydrogens is 312 g/mol. The molecule has 2 nitrogen and oxygen atoms in total. The third kappa shape index (κ3) is 3.52. The van der Waals surface area contributed by atoms with Crippen LogP contribution in [0.25, 0.3) is 16.8 Å². The molecule has 100 valence electrons. The second-order valence-corrected chi connectivity index (χ2v) is 4.93. The highest BCUT2D eigenvalue weighted by molar-refractivity contribution is 9.10. The maximum absolute atomic E-state index is 4.61. The van der Waals surface area contributed by atoms with Gasteiger partial charge in [-0.2, -0.15) is 0 Å². The maximum atomic E-state index is 4.61. The Morgan fingerprint density at radius 1 is 1.20 bits per heavy atom. The molecule has 0 unspecified atom stereocenters. The molecule has 0 fully saturated rings. The van der Waals surface area contributed by atoms with Crippen molar-refractivity contribution in [3.8, 4) is 11.3 Å². The van der Waals surface area contributed by atoms with E-state index in [-0.39, 0.29) is 0 Å². The van der Waals surface area contributed by atoms with Gasteiger partial charge < -0.3 is 0 Å². The third-order valence-corrected chi connectivity index (χ3v) is 3.12. The van der Waals surface area contributed by atoms with Crippen LogP contribution < -0.4 is 0 Å². The predicted molar refractivity (Wildman–Crippen MR) is 88.2 cm³/mol. The Morgan fingerprint density at radius 2 is 1.95 bits per heavy atom. The molecule has 0 N–H and O–H groups in total. The van der Waals surface area contributed by atoms with Gasteiger partial charge in [0.25, 0.3) is 0 Å². The van der Waals surface area contributed by atoms with Gasteiger partial charge in [-0.25, -0.2) is 9.97 Å². The van der Waals surface area contributed by atoms with Gasteiger partial charge in [-0.05, 0) is 28.9 Å². The summed E-state index contributed by atoms with van der Waals surface area (Å²) in [4.78, 5) is 9.03. The molecule has 0 amide bonds. The van der Waals surface area contributed by atoms with Crippen molar-refractivity contribution in [3.63, 3.8) is 0 Å². The van der Waals surface area contributed by atoms with Gasteiger partial charge in [-0.1, -0.05) is 61.2 Å². The van der Waals surface area contributed by atoms with Crippen LogP contribution in [-0.4, -0.2) is 9.97 Å². The number of benzene rings is 1.